The van der Waals surface area contributed by atoms with E-state index in [1.54, 1.807) is 47.0 Å². The summed E-state index contributed by atoms with van der Waals surface area (Å²) in [7, 11) is 1.45. The van der Waals surface area contributed by atoms with Crippen molar-refractivity contribution in [2.45, 2.75) is 39.2 Å². The maximum Gasteiger partial charge on any atom is 0.354 e. The molecule has 33 heavy (non-hydrogen) atoms. The van der Waals surface area contributed by atoms with Gasteiger partial charge in [-0.3, -0.25) is 4.57 Å². The molecule has 0 saturated heterocycles. The maximum absolute atomic E-state index is 12.8. The molecule has 2 aromatic heterocycles. The fourth-order valence-corrected chi connectivity index (χ4v) is 4.00. The van der Waals surface area contributed by atoms with E-state index in [9.17, 15) is 9.59 Å². The first-order valence-electron chi connectivity index (χ1n) is 11.0. The van der Waals surface area contributed by atoms with Crippen molar-refractivity contribution in [1.29, 1.82) is 5.26 Å². The van der Waals surface area contributed by atoms with Crippen LogP contribution in [0.5, 0.6) is 11.6 Å². The highest BCUT2D eigenvalue weighted by molar-refractivity contribution is 5.54. The van der Waals surface area contributed by atoms with Crippen molar-refractivity contribution in [2.75, 3.05) is 5.32 Å². The lowest BCUT2D eigenvalue weighted by Gasteiger charge is -2.27. The summed E-state index contributed by atoms with van der Waals surface area (Å²) in [5.41, 5.74) is -0.0425. The van der Waals surface area contributed by atoms with E-state index in [0.29, 0.717) is 35.7 Å². The molecule has 1 fully saturated rings. The maximum atomic E-state index is 12.8. The van der Waals surface area contributed by atoms with Crippen molar-refractivity contribution in [3.05, 3.63) is 69.1 Å². The minimum Gasteiger partial charge on any atom is -0.439 e. The number of benzene rings is 1. The zero-order valence-electron chi connectivity index (χ0n) is 18.7. The number of nitrogens with one attached hydrogen (secondary N) is 1. The molecule has 1 N–H and O–H groups in total. The predicted octanol–water partition coefficient (Wildman–Crippen LogP) is 3.57. The number of hydrogen-bond acceptors (Lipinski definition) is 7. The number of nitriles is 1. The van der Waals surface area contributed by atoms with Crippen molar-refractivity contribution >= 4 is 11.6 Å². The smallest absolute Gasteiger partial charge is 0.354 e. The molecule has 170 valence electrons. The van der Waals surface area contributed by atoms with Gasteiger partial charge in [0, 0.05) is 25.3 Å². The molecule has 0 unspecified atom stereocenters. The minimum absolute atomic E-state index is 0.235. The molecule has 0 aliphatic heterocycles. The van der Waals surface area contributed by atoms with Crippen molar-refractivity contribution < 1.29 is 4.74 Å². The van der Waals surface area contributed by atoms with Gasteiger partial charge in [-0.1, -0.05) is 25.8 Å². The van der Waals surface area contributed by atoms with Gasteiger partial charge >= 0.3 is 11.4 Å². The molecule has 9 heteroatoms. The van der Waals surface area contributed by atoms with Crippen LogP contribution in [0.2, 0.25) is 0 Å². The third-order valence-electron chi connectivity index (χ3n) is 6.01. The van der Waals surface area contributed by atoms with E-state index in [4.69, 9.17) is 10.00 Å². The molecule has 4 rings (SSSR count). The molecule has 0 amide bonds. The SMILES string of the molecule is CC1CCC(Cn2c(Nc3ccc(Oc4cccc(C#N)n4)cc3)nc(=O)n(C)c2=O)CC1. The van der Waals surface area contributed by atoms with Gasteiger partial charge < -0.3 is 10.1 Å². The number of aromatic nitrogens is 4. The molecule has 1 saturated carbocycles. The van der Waals surface area contributed by atoms with E-state index in [1.807, 2.05) is 6.07 Å². The van der Waals surface area contributed by atoms with Gasteiger partial charge in [0.05, 0.1) is 0 Å². The first-order chi connectivity index (χ1) is 15.9. The van der Waals surface area contributed by atoms with Gasteiger partial charge in [0.25, 0.3) is 0 Å². The van der Waals surface area contributed by atoms with Crippen molar-refractivity contribution in [2.24, 2.45) is 18.9 Å². The minimum atomic E-state index is -0.598. The topological polar surface area (TPSA) is 115 Å². The van der Waals surface area contributed by atoms with E-state index < -0.39 is 5.69 Å². The second-order valence-corrected chi connectivity index (χ2v) is 8.52. The third-order valence-corrected chi connectivity index (χ3v) is 6.01. The van der Waals surface area contributed by atoms with Crippen molar-refractivity contribution in [1.82, 2.24) is 19.1 Å². The summed E-state index contributed by atoms with van der Waals surface area (Å²) in [5, 5.41) is 12.1. The van der Waals surface area contributed by atoms with E-state index in [2.05, 4.69) is 22.2 Å². The zero-order chi connectivity index (χ0) is 23.4. The van der Waals surface area contributed by atoms with Crippen LogP contribution in [0, 0.1) is 23.2 Å². The third kappa shape index (κ3) is 5.29. The molecule has 0 bridgehead atoms. The summed E-state index contributed by atoms with van der Waals surface area (Å²) in [4.78, 5) is 33.2. The Morgan fingerprint density at radius 1 is 1.09 bits per heavy atom. The van der Waals surface area contributed by atoms with E-state index in [-0.39, 0.29) is 17.3 Å². The molecule has 1 aliphatic rings. The number of nitrogens with zero attached hydrogens (tertiary/aromatic N) is 5. The standard InChI is InChI=1S/C24H26N6O3/c1-16-6-8-17(9-7-16)15-30-22(28-23(31)29(2)24(30)32)27-18-10-12-20(13-11-18)33-21-5-3-4-19(14-25)26-21/h3-5,10-13,16-17H,6-9,15H2,1-2H3,(H,27,28,31). The zero-order valence-corrected chi connectivity index (χ0v) is 18.7. The molecule has 0 radical (unpaired) electrons. The van der Waals surface area contributed by atoms with Gasteiger partial charge in [-0.2, -0.15) is 10.2 Å². The summed E-state index contributed by atoms with van der Waals surface area (Å²) in [5.74, 6) is 2.18. The molecule has 1 aliphatic carbocycles. The van der Waals surface area contributed by atoms with E-state index in [0.717, 1.165) is 30.3 Å². The van der Waals surface area contributed by atoms with Gasteiger partial charge in [-0.05, 0) is 55.0 Å². The lowest BCUT2D eigenvalue weighted by Crippen LogP contribution is -2.42. The quantitative estimate of drug-likeness (QED) is 0.615. The lowest BCUT2D eigenvalue weighted by molar-refractivity contribution is 0.261. The van der Waals surface area contributed by atoms with Crippen molar-refractivity contribution in [3.63, 3.8) is 0 Å². The summed E-state index contributed by atoms with van der Waals surface area (Å²) >= 11 is 0. The van der Waals surface area contributed by atoms with Crippen LogP contribution in [0.3, 0.4) is 0 Å². The highest BCUT2D eigenvalue weighted by Crippen LogP contribution is 2.30. The molecular weight excluding hydrogens is 420 g/mol. The normalized spacial score (nSPS) is 17.8. The second kappa shape index (κ2) is 9.69. The Bertz CT molecular complexity index is 1280. The molecule has 2 heterocycles. The fourth-order valence-electron chi connectivity index (χ4n) is 4.00. The summed E-state index contributed by atoms with van der Waals surface area (Å²) in [6, 6.07) is 13.9. The van der Waals surface area contributed by atoms with Crippen LogP contribution < -0.4 is 21.4 Å². The number of ether oxygens (including phenoxy) is 1. The Kier molecular flexibility index (Phi) is 6.54. The Hall–Kier alpha value is -3.93. The van der Waals surface area contributed by atoms with Gasteiger partial charge in [0.15, 0.2) is 0 Å². The Balaban J connectivity index is 1.53. The van der Waals surface area contributed by atoms with Crippen LogP contribution in [0.25, 0.3) is 0 Å². The molecule has 0 atom stereocenters. The molecule has 3 aromatic rings. The number of anilines is 2. The van der Waals surface area contributed by atoms with Gasteiger partial charge in [0.1, 0.15) is 17.5 Å². The van der Waals surface area contributed by atoms with E-state index in [1.165, 1.54) is 7.05 Å². The highest BCUT2D eigenvalue weighted by atomic mass is 16.5. The number of pyridine rings is 1. The Morgan fingerprint density at radius 3 is 2.52 bits per heavy atom. The molecule has 9 nitrogen and oxygen atoms in total. The molecule has 1 aromatic carbocycles. The van der Waals surface area contributed by atoms with Crippen LogP contribution in [0.1, 0.15) is 38.3 Å². The van der Waals surface area contributed by atoms with Gasteiger partial charge in [-0.25, -0.2) is 19.1 Å². The highest BCUT2D eigenvalue weighted by Gasteiger charge is 2.21. The van der Waals surface area contributed by atoms with Crippen LogP contribution in [0.15, 0.2) is 52.1 Å². The summed E-state index contributed by atoms with van der Waals surface area (Å²) in [6.07, 6.45) is 4.41. The Morgan fingerprint density at radius 2 is 1.82 bits per heavy atom. The monoisotopic (exact) mass is 446 g/mol. The lowest BCUT2D eigenvalue weighted by atomic mass is 9.83. The van der Waals surface area contributed by atoms with Gasteiger partial charge in [0.2, 0.25) is 11.8 Å². The largest absolute Gasteiger partial charge is 0.439 e. The summed E-state index contributed by atoms with van der Waals surface area (Å²) < 4.78 is 8.30. The van der Waals surface area contributed by atoms with Gasteiger partial charge in [-0.15, -0.1) is 0 Å². The fraction of sp³-hybridized carbons (Fsp3) is 0.375. The van der Waals surface area contributed by atoms with E-state index >= 15 is 0 Å². The average Bonchev–Trinajstić information content (AvgIpc) is 2.83. The second-order valence-electron chi connectivity index (χ2n) is 8.52. The Labute approximate surface area is 191 Å². The predicted molar refractivity (Wildman–Crippen MR) is 124 cm³/mol. The average molecular weight is 447 g/mol. The number of hydrogen-bond donors (Lipinski definition) is 1. The van der Waals surface area contributed by atoms with Crippen LogP contribution in [-0.4, -0.2) is 19.1 Å². The summed E-state index contributed by atoms with van der Waals surface area (Å²) in [6.45, 7) is 2.78. The first-order valence-corrected chi connectivity index (χ1v) is 11.0. The van der Waals surface area contributed by atoms with Crippen LogP contribution in [0.4, 0.5) is 11.6 Å². The number of rotatable bonds is 6. The first kappa shape index (κ1) is 22.3. The molecule has 0 spiro atoms. The van der Waals surface area contributed by atoms with Crippen LogP contribution in [-0.2, 0) is 13.6 Å². The van der Waals surface area contributed by atoms with Crippen LogP contribution >= 0.6 is 0 Å². The van der Waals surface area contributed by atoms with Crippen molar-refractivity contribution in [3.8, 4) is 17.7 Å². The molecular formula is C24H26N6O3.